The maximum atomic E-state index is 14.3. The summed E-state index contributed by atoms with van der Waals surface area (Å²) in [6.07, 6.45) is 3.91. The third-order valence-electron chi connectivity index (χ3n) is 7.52. The van der Waals surface area contributed by atoms with Crippen LogP contribution in [0, 0.1) is 5.92 Å². The molecule has 1 saturated heterocycles. The maximum absolute atomic E-state index is 14.3. The summed E-state index contributed by atoms with van der Waals surface area (Å²) in [6, 6.07) is -0.543. The topological polar surface area (TPSA) is 110 Å². The molecule has 5 rings (SSSR count). The van der Waals surface area contributed by atoms with Crippen LogP contribution in [0.1, 0.15) is 82.6 Å². The number of rotatable bonds is 8. The van der Waals surface area contributed by atoms with Gasteiger partial charge in [0.15, 0.2) is 5.65 Å². The molecule has 3 aliphatic rings. The van der Waals surface area contributed by atoms with Crippen molar-refractivity contribution in [3.8, 4) is 0 Å². The molecule has 0 spiro atoms. The standard InChI is InChI=1S/C27H36F4N6O4/c1-25(2,3)41-24(39)35-22(16-6-8-26(28,29)9-7-16)19-12-37-21(34-19)10-17(11-33-37)20(13-40-18-4-5-18)36-15-27(30,31)14-32-23(36)38/h10-12,16,18,20,22H,4-9,13-15H2,1-3H3,(H,32,38)(H,35,39)/t20-,22+/m1/s1. The minimum atomic E-state index is -3.11. The van der Waals surface area contributed by atoms with Crippen molar-refractivity contribution in [1.82, 2.24) is 30.1 Å². The quantitative estimate of drug-likeness (QED) is 0.423. The molecule has 3 heterocycles. The van der Waals surface area contributed by atoms with Gasteiger partial charge >= 0.3 is 12.1 Å². The van der Waals surface area contributed by atoms with Crippen molar-refractivity contribution in [3.63, 3.8) is 0 Å². The summed E-state index contributed by atoms with van der Waals surface area (Å²) in [6.45, 7) is 3.68. The predicted octanol–water partition coefficient (Wildman–Crippen LogP) is 5.00. The highest BCUT2D eigenvalue weighted by atomic mass is 19.3. The van der Waals surface area contributed by atoms with Gasteiger partial charge in [-0.25, -0.2) is 36.7 Å². The second-order valence-electron chi connectivity index (χ2n) is 12.3. The molecular weight excluding hydrogens is 548 g/mol. The Bertz CT molecular complexity index is 1270. The Labute approximate surface area is 235 Å². The second kappa shape index (κ2) is 10.9. The fraction of sp³-hybridized carbons (Fsp3) is 0.704. The Morgan fingerprint density at radius 3 is 2.54 bits per heavy atom. The number of carbonyl (C=O) groups is 2. The van der Waals surface area contributed by atoms with E-state index in [1.165, 1.54) is 10.7 Å². The Morgan fingerprint density at radius 1 is 1.17 bits per heavy atom. The van der Waals surface area contributed by atoms with E-state index in [9.17, 15) is 27.2 Å². The SMILES string of the molecule is CC(C)(C)OC(=O)N[C@H](c1cn2ncc([C@@H](COC3CC3)N3CC(F)(F)CNC3=O)cc2n1)C1CCC(F)(F)CC1. The average Bonchev–Trinajstić information content (AvgIpc) is 3.60. The highest BCUT2D eigenvalue weighted by molar-refractivity contribution is 5.76. The zero-order chi connectivity index (χ0) is 29.6. The highest BCUT2D eigenvalue weighted by Crippen LogP contribution is 2.41. The lowest BCUT2D eigenvalue weighted by molar-refractivity contribution is -0.0542. The lowest BCUT2D eigenvalue weighted by Gasteiger charge is -2.38. The molecule has 14 heteroatoms. The van der Waals surface area contributed by atoms with E-state index in [0.717, 1.165) is 17.7 Å². The monoisotopic (exact) mass is 584 g/mol. The predicted molar refractivity (Wildman–Crippen MR) is 139 cm³/mol. The van der Waals surface area contributed by atoms with Gasteiger partial charge in [0.05, 0.1) is 56.0 Å². The van der Waals surface area contributed by atoms with Crippen LogP contribution in [0.25, 0.3) is 5.65 Å². The first-order valence-electron chi connectivity index (χ1n) is 13.9. The molecule has 0 unspecified atom stereocenters. The van der Waals surface area contributed by atoms with Gasteiger partial charge < -0.3 is 25.0 Å². The fourth-order valence-corrected chi connectivity index (χ4v) is 5.27. The number of nitrogens with one attached hydrogen (secondary N) is 2. The smallest absolute Gasteiger partial charge is 0.408 e. The van der Waals surface area contributed by atoms with Crippen LogP contribution in [0.15, 0.2) is 18.5 Å². The fourth-order valence-electron chi connectivity index (χ4n) is 5.27. The van der Waals surface area contributed by atoms with Gasteiger partial charge in [-0.15, -0.1) is 0 Å². The van der Waals surface area contributed by atoms with Crippen molar-refractivity contribution in [2.75, 3.05) is 19.7 Å². The van der Waals surface area contributed by atoms with Crippen LogP contribution in [0.2, 0.25) is 0 Å². The number of alkyl halides is 4. The van der Waals surface area contributed by atoms with Crippen LogP contribution in [0.3, 0.4) is 0 Å². The van der Waals surface area contributed by atoms with Crippen molar-refractivity contribution >= 4 is 17.8 Å². The van der Waals surface area contributed by atoms with Crippen LogP contribution in [-0.2, 0) is 9.47 Å². The molecule has 3 amide bonds. The summed E-state index contributed by atoms with van der Waals surface area (Å²) in [4.78, 5) is 31.0. The number of aromatic nitrogens is 3. The molecule has 3 fully saturated rings. The maximum Gasteiger partial charge on any atom is 0.408 e. The van der Waals surface area contributed by atoms with Crippen LogP contribution >= 0.6 is 0 Å². The normalized spacial score (nSPS) is 22.7. The summed E-state index contributed by atoms with van der Waals surface area (Å²) in [7, 11) is 0. The van der Waals surface area contributed by atoms with Gasteiger partial charge in [-0.05, 0) is 58.4 Å². The highest BCUT2D eigenvalue weighted by Gasteiger charge is 2.43. The van der Waals surface area contributed by atoms with Crippen molar-refractivity contribution in [2.24, 2.45) is 5.92 Å². The molecule has 2 saturated carbocycles. The van der Waals surface area contributed by atoms with E-state index in [4.69, 9.17) is 9.47 Å². The number of imidazole rings is 1. The van der Waals surface area contributed by atoms with Crippen molar-refractivity contribution in [1.29, 1.82) is 0 Å². The number of urea groups is 1. The van der Waals surface area contributed by atoms with Crippen molar-refractivity contribution in [2.45, 2.75) is 94.9 Å². The number of fused-ring (bicyclic) bond motifs is 1. The molecule has 1 aliphatic heterocycles. The molecule has 0 bridgehead atoms. The van der Waals surface area contributed by atoms with Crippen LogP contribution in [-0.4, -0.2) is 74.9 Å². The van der Waals surface area contributed by atoms with Gasteiger partial charge in [0.25, 0.3) is 5.92 Å². The number of hydrogen-bond donors (Lipinski definition) is 2. The van der Waals surface area contributed by atoms with Crippen molar-refractivity contribution in [3.05, 3.63) is 29.7 Å². The number of nitrogens with zero attached hydrogens (tertiary/aromatic N) is 4. The van der Waals surface area contributed by atoms with Gasteiger partial charge in [0, 0.05) is 18.4 Å². The van der Waals surface area contributed by atoms with Crippen molar-refractivity contribution < 1.29 is 36.6 Å². The first-order valence-corrected chi connectivity index (χ1v) is 13.9. The van der Waals surface area contributed by atoms with E-state index in [-0.39, 0.29) is 44.3 Å². The average molecular weight is 585 g/mol. The zero-order valence-corrected chi connectivity index (χ0v) is 23.3. The molecule has 2 N–H and O–H groups in total. The van der Waals surface area contributed by atoms with E-state index in [2.05, 4.69) is 20.7 Å². The Balaban J connectivity index is 1.44. The largest absolute Gasteiger partial charge is 0.444 e. The molecule has 10 nitrogen and oxygen atoms in total. The first-order chi connectivity index (χ1) is 19.2. The lowest BCUT2D eigenvalue weighted by Crippen LogP contribution is -2.58. The number of carbonyl (C=O) groups excluding carboxylic acids is 2. The van der Waals surface area contributed by atoms with E-state index < -0.39 is 54.7 Å². The summed E-state index contributed by atoms with van der Waals surface area (Å²) < 4.78 is 69.1. The Hall–Kier alpha value is -3.16. The number of ether oxygens (including phenoxy) is 2. The van der Waals surface area contributed by atoms with Crippen LogP contribution in [0.4, 0.5) is 27.2 Å². The molecule has 41 heavy (non-hydrogen) atoms. The minimum absolute atomic E-state index is 0.0126. The van der Waals surface area contributed by atoms with Gasteiger partial charge in [0.1, 0.15) is 5.60 Å². The lowest BCUT2D eigenvalue weighted by atomic mass is 9.81. The summed E-state index contributed by atoms with van der Waals surface area (Å²) >= 11 is 0. The van der Waals surface area contributed by atoms with E-state index >= 15 is 0 Å². The zero-order valence-electron chi connectivity index (χ0n) is 23.3. The molecule has 226 valence electrons. The molecule has 2 aliphatic carbocycles. The summed E-state index contributed by atoms with van der Waals surface area (Å²) in [5, 5.41) is 9.46. The number of hydrogen-bond acceptors (Lipinski definition) is 6. The van der Waals surface area contributed by atoms with Gasteiger partial charge in [-0.3, -0.25) is 0 Å². The summed E-state index contributed by atoms with van der Waals surface area (Å²) in [5.41, 5.74) is 0.440. The summed E-state index contributed by atoms with van der Waals surface area (Å²) in [5.74, 6) is -6.18. The van der Waals surface area contributed by atoms with E-state index in [1.807, 2.05) is 0 Å². The second-order valence-corrected chi connectivity index (χ2v) is 12.3. The number of halogens is 4. The molecule has 2 atom stereocenters. The van der Waals surface area contributed by atoms with Gasteiger partial charge in [-0.2, -0.15) is 5.10 Å². The Kier molecular flexibility index (Phi) is 7.81. The van der Waals surface area contributed by atoms with Crippen LogP contribution < -0.4 is 10.6 Å². The van der Waals surface area contributed by atoms with Gasteiger partial charge in [-0.1, -0.05) is 0 Å². The molecule has 2 aromatic heterocycles. The minimum Gasteiger partial charge on any atom is -0.444 e. The molecular formula is C27H36F4N6O4. The molecule has 2 aromatic rings. The van der Waals surface area contributed by atoms with Crippen LogP contribution in [0.5, 0.6) is 0 Å². The number of amides is 3. The van der Waals surface area contributed by atoms with E-state index in [1.54, 1.807) is 33.0 Å². The third-order valence-corrected chi connectivity index (χ3v) is 7.52. The number of alkyl carbamates (subject to hydrolysis) is 1. The van der Waals surface area contributed by atoms with Gasteiger partial charge in [0.2, 0.25) is 5.92 Å². The third kappa shape index (κ3) is 7.38. The molecule has 0 aromatic carbocycles. The Morgan fingerprint density at radius 2 is 1.88 bits per heavy atom. The molecule has 0 radical (unpaired) electrons. The first kappa shape index (κ1) is 29.3. The van der Waals surface area contributed by atoms with E-state index in [0.29, 0.717) is 16.9 Å².